The van der Waals surface area contributed by atoms with Gasteiger partial charge in [0.05, 0.1) is 11.1 Å². The van der Waals surface area contributed by atoms with E-state index in [2.05, 4.69) is 15.5 Å². The van der Waals surface area contributed by atoms with E-state index in [-0.39, 0.29) is 5.91 Å². The zero-order chi connectivity index (χ0) is 13.9. The Bertz CT molecular complexity index is 716. The van der Waals surface area contributed by atoms with Gasteiger partial charge in [0.15, 0.2) is 0 Å². The van der Waals surface area contributed by atoms with Gasteiger partial charge in [-0.25, -0.2) is 0 Å². The number of aromatic nitrogens is 2. The van der Waals surface area contributed by atoms with Crippen LogP contribution in [0.15, 0.2) is 34.3 Å². The number of hydrogen-bond donors (Lipinski definition) is 1. The summed E-state index contributed by atoms with van der Waals surface area (Å²) in [5.74, 6) is 0.580. The molecule has 0 aliphatic carbocycles. The highest BCUT2D eigenvalue weighted by Gasteiger charge is 2.13. The fourth-order valence-corrected chi connectivity index (χ4v) is 3.10. The van der Waals surface area contributed by atoms with Crippen LogP contribution in [0.4, 0.5) is 5.13 Å². The molecule has 0 atom stereocenters. The number of carbonyl (C=O) groups excluding carboxylic acids is 1. The molecule has 0 aromatic carbocycles. The van der Waals surface area contributed by atoms with Gasteiger partial charge in [-0.1, -0.05) is 18.3 Å². The molecule has 3 heterocycles. The summed E-state index contributed by atoms with van der Waals surface area (Å²) in [4.78, 5) is 12.7. The van der Waals surface area contributed by atoms with Crippen molar-refractivity contribution < 1.29 is 9.21 Å². The largest absolute Gasteiger partial charge is 0.464 e. The molecule has 3 aromatic heterocycles. The second-order valence-electron chi connectivity index (χ2n) is 3.99. The molecule has 3 aromatic rings. The van der Waals surface area contributed by atoms with E-state index in [1.807, 2.05) is 24.4 Å². The summed E-state index contributed by atoms with van der Waals surface area (Å²) >= 11 is 2.76. The van der Waals surface area contributed by atoms with Gasteiger partial charge in [0, 0.05) is 10.9 Å². The number of nitrogens with one attached hydrogen (secondary N) is 1. The number of nitrogens with zero attached hydrogens (tertiary/aromatic N) is 2. The second-order valence-corrected chi connectivity index (χ2v) is 5.96. The first kappa shape index (κ1) is 13.0. The van der Waals surface area contributed by atoms with Crippen LogP contribution in [-0.2, 0) is 6.42 Å². The maximum absolute atomic E-state index is 12.1. The number of amides is 1. The first-order chi connectivity index (χ1) is 9.76. The SMILES string of the molecule is CCc1nnc(NC(=O)c2cc(-c3ccco3)cs2)s1. The van der Waals surface area contributed by atoms with Gasteiger partial charge in [-0.3, -0.25) is 10.1 Å². The minimum absolute atomic E-state index is 0.174. The van der Waals surface area contributed by atoms with Crippen LogP contribution in [-0.4, -0.2) is 16.1 Å². The van der Waals surface area contributed by atoms with Crippen LogP contribution in [0, 0.1) is 0 Å². The Labute approximate surface area is 123 Å². The highest BCUT2D eigenvalue weighted by molar-refractivity contribution is 7.15. The second kappa shape index (κ2) is 5.56. The molecule has 1 N–H and O–H groups in total. The van der Waals surface area contributed by atoms with E-state index in [0.29, 0.717) is 10.0 Å². The Morgan fingerprint density at radius 2 is 2.35 bits per heavy atom. The summed E-state index contributed by atoms with van der Waals surface area (Å²) in [6, 6.07) is 5.49. The monoisotopic (exact) mass is 305 g/mol. The lowest BCUT2D eigenvalue weighted by molar-refractivity contribution is 0.103. The average molecular weight is 305 g/mol. The van der Waals surface area contributed by atoms with E-state index >= 15 is 0 Å². The van der Waals surface area contributed by atoms with Gasteiger partial charge in [0.1, 0.15) is 10.8 Å². The normalized spacial score (nSPS) is 10.7. The zero-order valence-corrected chi connectivity index (χ0v) is 12.3. The van der Waals surface area contributed by atoms with E-state index in [1.165, 1.54) is 22.7 Å². The molecule has 0 aliphatic heterocycles. The Hall–Kier alpha value is -1.99. The van der Waals surface area contributed by atoms with E-state index < -0.39 is 0 Å². The van der Waals surface area contributed by atoms with Gasteiger partial charge >= 0.3 is 0 Å². The molecule has 3 rings (SSSR count). The number of aryl methyl sites for hydroxylation is 1. The first-order valence-corrected chi connectivity index (χ1v) is 7.72. The van der Waals surface area contributed by atoms with Crippen LogP contribution >= 0.6 is 22.7 Å². The van der Waals surface area contributed by atoms with Gasteiger partial charge in [-0.15, -0.1) is 21.5 Å². The highest BCUT2D eigenvalue weighted by Crippen LogP contribution is 2.26. The zero-order valence-electron chi connectivity index (χ0n) is 10.6. The molecule has 0 bridgehead atoms. The van der Waals surface area contributed by atoms with Crippen molar-refractivity contribution in [3.8, 4) is 11.3 Å². The van der Waals surface area contributed by atoms with Gasteiger partial charge in [0.2, 0.25) is 5.13 Å². The van der Waals surface area contributed by atoms with Crippen LogP contribution in [0.5, 0.6) is 0 Å². The van der Waals surface area contributed by atoms with E-state index in [0.717, 1.165) is 22.8 Å². The van der Waals surface area contributed by atoms with Crippen LogP contribution < -0.4 is 5.32 Å². The van der Waals surface area contributed by atoms with E-state index in [1.54, 1.807) is 12.3 Å². The van der Waals surface area contributed by atoms with E-state index in [4.69, 9.17) is 4.42 Å². The Balaban J connectivity index is 1.74. The fraction of sp³-hybridized carbons (Fsp3) is 0.154. The molecule has 0 saturated carbocycles. The molecule has 0 radical (unpaired) electrons. The number of furan rings is 1. The van der Waals surface area contributed by atoms with Gasteiger partial charge in [-0.05, 0) is 24.6 Å². The lowest BCUT2D eigenvalue weighted by atomic mass is 10.2. The van der Waals surface area contributed by atoms with Gasteiger partial charge in [-0.2, -0.15) is 0 Å². The van der Waals surface area contributed by atoms with Crippen LogP contribution in [0.25, 0.3) is 11.3 Å². The lowest BCUT2D eigenvalue weighted by Gasteiger charge is -1.96. The van der Waals surface area contributed by atoms with Crippen molar-refractivity contribution in [2.24, 2.45) is 0 Å². The summed E-state index contributed by atoms with van der Waals surface area (Å²) in [5, 5.41) is 14.0. The smallest absolute Gasteiger partial charge is 0.267 e. The number of carbonyl (C=O) groups is 1. The number of hydrogen-bond acceptors (Lipinski definition) is 6. The quantitative estimate of drug-likeness (QED) is 0.798. The van der Waals surface area contributed by atoms with Crippen molar-refractivity contribution in [2.45, 2.75) is 13.3 Å². The summed E-state index contributed by atoms with van der Waals surface area (Å²) in [7, 11) is 0. The van der Waals surface area contributed by atoms with Gasteiger partial charge in [0.25, 0.3) is 5.91 Å². The minimum Gasteiger partial charge on any atom is -0.464 e. The Kier molecular flexibility index (Phi) is 3.62. The molecule has 102 valence electrons. The van der Waals surface area contributed by atoms with Crippen molar-refractivity contribution >= 4 is 33.7 Å². The number of anilines is 1. The lowest BCUT2D eigenvalue weighted by Crippen LogP contribution is -2.09. The van der Waals surface area contributed by atoms with Crippen molar-refractivity contribution in [3.63, 3.8) is 0 Å². The van der Waals surface area contributed by atoms with Crippen molar-refractivity contribution in [1.82, 2.24) is 10.2 Å². The predicted molar refractivity (Wildman–Crippen MR) is 79.3 cm³/mol. The molecule has 20 heavy (non-hydrogen) atoms. The standard InChI is InChI=1S/C13H11N3O2S2/c1-2-11-15-16-13(20-11)14-12(17)10-6-8(7-19-10)9-4-3-5-18-9/h3-7H,2H2,1H3,(H,14,16,17). The third kappa shape index (κ3) is 2.63. The predicted octanol–water partition coefficient (Wildman–Crippen LogP) is 3.67. The third-order valence-electron chi connectivity index (χ3n) is 2.62. The third-order valence-corrected chi connectivity index (χ3v) is 4.53. The molecular formula is C13H11N3O2S2. The fourth-order valence-electron chi connectivity index (χ4n) is 1.63. The molecule has 0 spiro atoms. The van der Waals surface area contributed by atoms with Crippen LogP contribution in [0.2, 0.25) is 0 Å². The van der Waals surface area contributed by atoms with Gasteiger partial charge < -0.3 is 4.42 Å². The highest BCUT2D eigenvalue weighted by atomic mass is 32.1. The summed E-state index contributed by atoms with van der Waals surface area (Å²) in [6.07, 6.45) is 2.43. The Morgan fingerprint density at radius 3 is 3.05 bits per heavy atom. The van der Waals surface area contributed by atoms with Crippen LogP contribution in [0.3, 0.4) is 0 Å². The summed E-state index contributed by atoms with van der Waals surface area (Å²) in [5.41, 5.74) is 0.900. The molecule has 0 saturated heterocycles. The summed E-state index contributed by atoms with van der Waals surface area (Å²) in [6.45, 7) is 2.00. The van der Waals surface area contributed by atoms with Crippen molar-refractivity contribution in [1.29, 1.82) is 0 Å². The molecule has 1 amide bonds. The van der Waals surface area contributed by atoms with E-state index in [9.17, 15) is 4.79 Å². The van der Waals surface area contributed by atoms with Crippen LogP contribution in [0.1, 0.15) is 21.6 Å². The van der Waals surface area contributed by atoms with Crippen molar-refractivity contribution in [2.75, 3.05) is 5.32 Å². The summed E-state index contributed by atoms with van der Waals surface area (Å²) < 4.78 is 5.30. The first-order valence-electron chi connectivity index (χ1n) is 6.02. The maximum Gasteiger partial charge on any atom is 0.267 e. The number of rotatable bonds is 4. The molecular weight excluding hydrogens is 294 g/mol. The topological polar surface area (TPSA) is 68.0 Å². The molecule has 7 heteroatoms. The molecule has 0 aliphatic rings. The Morgan fingerprint density at radius 1 is 1.45 bits per heavy atom. The van der Waals surface area contributed by atoms with Crippen molar-refractivity contribution in [3.05, 3.63) is 39.7 Å². The average Bonchev–Trinajstić information content (AvgIpc) is 3.19. The maximum atomic E-state index is 12.1. The molecule has 0 fully saturated rings. The molecule has 5 nitrogen and oxygen atoms in total. The number of thiophene rings is 1. The molecule has 0 unspecified atom stereocenters. The minimum atomic E-state index is -0.174.